The molecule has 0 atom stereocenters. The van der Waals surface area contributed by atoms with Crippen LogP contribution in [-0.2, 0) is 16.6 Å². The number of amides is 1. The number of hydrogen-bond acceptors (Lipinski definition) is 4. The molecule has 1 saturated carbocycles. The third kappa shape index (κ3) is 4.18. The van der Waals surface area contributed by atoms with Crippen LogP contribution in [0.15, 0.2) is 6.08 Å². The molecule has 0 unspecified atom stereocenters. The van der Waals surface area contributed by atoms with Gasteiger partial charge in [0.05, 0.1) is 18.9 Å². The van der Waals surface area contributed by atoms with Crippen LogP contribution in [0, 0.1) is 13.8 Å². The van der Waals surface area contributed by atoms with E-state index in [1.54, 1.807) is 6.08 Å². The van der Waals surface area contributed by atoms with Gasteiger partial charge in [0.15, 0.2) is 0 Å². The molecule has 0 bridgehead atoms. The lowest BCUT2D eigenvalue weighted by molar-refractivity contribution is -0.117. The van der Waals surface area contributed by atoms with E-state index in [-0.39, 0.29) is 11.4 Å². The molecule has 1 aliphatic carbocycles. The van der Waals surface area contributed by atoms with E-state index in [1.165, 1.54) is 19.3 Å². The minimum absolute atomic E-state index is 0.0224. The fourth-order valence-corrected chi connectivity index (χ4v) is 4.35. The van der Waals surface area contributed by atoms with Gasteiger partial charge in [-0.05, 0) is 32.8 Å². The second-order valence-electron chi connectivity index (χ2n) is 7.64. The van der Waals surface area contributed by atoms with Crippen molar-refractivity contribution in [2.45, 2.75) is 51.5 Å². The topological polar surface area (TPSA) is 59.4 Å². The molecule has 1 N–H and O–H groups in total. The fraction of sp³-hybridized carbons (Fsp3) is 0.700. The van der Waals surface area contributed by atoms with Gasteiger partial charge >= 0.3 is 0 Å². The zero-order chi connectivity index (χ0) is 18.6. The number of morpholine rings is 1. The van der Waals surface area contributed by atoms with Crippen molar-refractivity contribution in [1.29, 1.82) is 0 Å². The highest BCUT2D eigenvalue weighted by Crippen LogP contribution is 2.33. The molecule has 2 fully saturated rings. The second-order valence-corrected chi connectivity index (χ2v) is 7.64. The molecule has 0 aromatic carbocycles. The Morgan fingerprint density at radius 2 is 1.92 bits per heavy atom. The number of rotatable bonds is 5. The van der Waals surface area contributed by atoms with Gasteiger partial charge in [0.25, 0.3) is 0 Å². The van der Waals surface area contributed by atoms with Crippen LogP contribution in [0.4, 0.5) is 0 Å². The van der Waals surface area contributed by atoms with Gasteiger partial charge in [-0.3, -0.25) is 14.4 Å². The maximum absolute atomic E-state index is 12.4. The molecular formula is C20H32N4O2. The van der Waals surface area contributed by atoms with Gasteiger partial charge in [-0.1, -0.05) is 19.3 Å². The van der Waals surface area contributed by atoms with E-state index in [0.29, 0.717) is 0 Å². The van der Waals surface area contributed by atoms with Gasteiger partial charge in [-0.15, -0.1) is 0 Å². The number of nitrogens with one attached hydrogen (secondary N) is 1. The molecule has 1 saturated heterocycles. The number of ether oxygens (including phenoxy) is 1. The predicted molar refractivity (Wildman–Crippen MR) is 103 cm³/mol. The van der Waals surface area contributed by atoms with E-state index in [1.807, 2.05) is 31.7 Å². The molecule has 1 amide bonds. The molecule has 6 nitrogen and oxygen atoms in total. The highest BCUT2D eigenvalue weighted by Gasteiger charge is 2.38. The Kier molecular flexibility index (Phi) is 6.14. The van der Waals surface area contributed by atoms with Crippen LogP contribution in [-0.4, -0.2) is 59.0 Å². The zero-order valence-corrected chi connectivity index (χ0v) is 16.4. The van der Waals surface area contributed by atoms with Gasteiger partial charge in [-0.2, -0.15) is 5.10 Å². The second kappa shape index (κ2) is 8.35. The lowest BCUT2D eigenvalue weighted by Gasteiger charge is -2.48. The summed E-state index contributed by atoms with van der Waals surface area (Å²) in [4.78, 5) is 15.0. The summed E-state index contributed by atoms with van der Waals surface area (Å²) in [6.07, 6.45) is 9.66. The fourth-order valence-electron chi connectivity index (χ4n) is 4.35. The first kappa shape index (κ1) is 19.1. The van der Waals surface area contributed by atoms with E-state index < -0.39 is 0 Å². The summed E-state index contributed by atoms with van der Waals surface area (Å²) in [6.45, 7) is 8.26. The average molecular weight is 361 g/mol. The Balaban J connectivity index is 1.63. The number of nitrogens with zero attached hydrogens (tertiary/aromatic N) is 3. The molecule has 26 heavy (non-hydrogen) atoms. The third-order valence-electron chi connectivity index (χ3n) is 6.02. The molecule has 0 spiro atoms. The number of carbonyl (C=O) groups is 1. The molecule has 1 aromatic rings. The third-order valence-corrected chi connectivity index (χ3v) is 6.02. The van der Waals surface area contributed by atoms with Crippen molar-refractivity contribution in [2.24, 2.45) is 7.05 Å². The molecule has 2 heterocycles. The summed E-state index contributed by atoms with van der Waals surface area (Å²) in [5.74, 6) is -0.0224. The Morgan fingerprint density at radius 3 is 2.54 bits per heavy atom. The zero-order valence-electron chi connectivity index (χ0n) is 16.4. The highest BCUT2D eigenvalue weighted by atomic mass is 16.5. The summed E-state index contributed by atoms with van der Waals surface area (Å²) in [5, 5.41) is 7.57. The first-order chi connectivity index (χ1) is 12.5. The van der Waals surface area contributed by atoms with Crippen molar-refractivity contribution in [2.75, 3.05) is 32.8 Å². The highest BCUT2D eigenvalue weighted by molar-refractivity contribution is 5.92. The monoisotopic (exact) mass is 360 g/mol. The summed E-state index contributed by atoms with van der Waals surface area (Å²) in [6, 6.07) is 0. The lowest BCUT2D eigenvalue weighted by Crippen LogP contribution is -2.59. The minimum atomic E-state index is -0.0224. The van der Waals surface area contributed by atoms with E-state index in [4.69, 9.17) is 4.74 Å². The molecule has 3 rings (SSSR count). The van der Waals surface area contributed by atoms with E-state index >= 15 is 0 Å². The van der Waals surface area contributed by atoms with Crippen molar-refractivity contribution < 1.29 is 9.53 Å². The Labute approximate surface area is 156 Å². The van der Waals surface area contributed by atoms with Crippen molar-refractivity contribution in [3.63, 3.8) is 0 Å². The van der Waals surface area contributed by atoms with Crippen LogP contribution < -0.4 is 5.32 Å². The van der Waals surface area contributed by atoms with Crippen molar-refractivity contribution in [3.05, 3.63) is 23.0 Å². The number of aromatic nitrogens is 2. The summed E-state index contributed by atoms with van der Waals surface area (Å²) < 4.78 is 7.37. The maximum atomic E-state index is 12.4. The standard InChI is InChI=1S/C20H32N4O2/c1-16-18(17(2)23(3)22-16)7-8-19(25)21-15-20(9-5-4-6-10-20)24-11-13-26-14-12-24/h7-8H,4-6,9-15H2,1-3H3,(H,21,25)/b8-7+. The van der Waals surface area contributed by atoms with E-state index in [2.05, 4.69) is 15.3 Å². The molecule has 0 radical (unpaired) electrons. The van der Waals surface area contributed by atoms with E-state index in [9.17, 15) is 4.79 Å². The van der Waals surface area contributed by atoms with Gasteiger partial charge in [0.2, 0.25) is 5.91 Å². The van der Waals surface area contributed by atoms with Crippen LogP contribution >= 0.6 is 0 Å². The normalized spacial score (nSPS) is 21.2. The van der Waals surface area contributed by atoms with E-state index in [0.717, 1.165) is 62.6 Å². The Morgan fingerprint density at radius 1 is 1.23 bits per heavy atom. The van der Waals surface area contributed by atoms with Gasteiger partial charge < -0.3 is 10.1 Å². The first-order valence-corrected chi connectivity index (χ1v) is 9.81. The summed E-state index contributed by atoms with van der Waals surface area (Å²) >= 11 is 0. The first-order valence-electron chi connectivity index (χ1n) is 9.81. The van der Waals surface area contributed by atoms with Crippen LogP contribution in [0.25, 0.3) is 6.08 Å². The molecule has 2 aliphatic rings. The number of aryl methyl sites for hydroxylation is 2. The quantitative estimate of drug-likeness (QED) is 0.818. The van der Waals surface area contributed by atoms with Crippen LogP contribution in [0.1, 0.15) is 49.1 Å². The van der Waals surface area contributed by atoms with Crippen molar-refractivity contribution >= 4 is 12.0 Å². The van der Waals surface area contributed by atoms with Gasteiger partial charge in [-0.25, -0.2) is 0 Å². The Hall–Kier alpha value is -1.66. The number of carbonyl (C=O) groups excluding carboxylic acids is 1. The molecular weight excluding hydrogens is 328 g/mol. The largest absolute Gasteiger partial charge is 0.379 e. The molecule has 144 valence electrons. The molecule has 1 aromatic heterocycles. The van der Waals surface area contributed by atoms with Crippen LogP contribution in [0.5, 0.6) is 0 Å². The van der Waals surface area contributed by atoms with Gasteiger partial charge in [0, 0.05) is 49.6 Å². The average Bonchev–Trinajstić information content (AvgIpc) is 2.91. The number of hydrogen-bond donors (Lipinski definition) is 1. The SMILES string of the molecule is Cc1nn(C)c(C)c1/C=C/C(=O)NCC1(N2CCOCC2)CCCCC1. The molecule has 1 aliphatic heterocycles. The maximum Gasteiger partial charge on any atom is 0.244 e. The van der Waals surface area contributed by atoms with Crippen LogP contribution in [0.3, 0.4) is 0 Å². The molecule has 6 heteroatoms. The summed E-state index contributed by atoms with van der Waals surface area (Å²) in [7, 11) is 1.93. The van der Waals surface area contributed by atoms with Crippen molar-refractivity contribution in [3.8, 4) is 0 Å². The van der Waals surface area contributed by atoms with Gasteiger partial charge in [0.1, 0.15) is 0 Å². The smallest absolute Gasteiger partial charge is 0.244 e. The lowest BCUT2D eigenvalue weighted by atomic mass is 9.79. The summed E-state index contributed by atoms with van der Waals surface area (Å²) in [5.41, 5.74) is 3.16. The minimum Gasteiger partial charge on any atom is -0.379 e. The van der Waals surface area contributed by atoms with Crippen LogP contribution in [0.2, 0.25) is 0 Å². The predicted octanol–water partition coefficient (Wildman–Crippen LogP) is 2.20. The van der Waals surface area contributed by atoms with Crippen molar-refractivity contribution in [1.82, 2.24) is 20.0 Å². The Bertz CT molecular complexity index is 653.